The van der Waals surface area contributed by atoms with Gasteiger partial charge in [-0.15, -0.1) is 0 Å². The molecular weight excluding hydrogens is 354 g/mol. The van der Waals surface area contributed by atoms with Gasteiger partial charge in [0, 0.05) is 26.7 Å². The van der Waals surface area contributed by atoms with Crippen LogP contribution >= 0.6 is 0 Å². The van der Waals surface area contributed by atoms with Crippen LogP contribution in [0.5, 0.6) is 11.5 Å². The summed E-state index contributed by atoms with van der Waals surface area (Å²) in [4.78, 5) is 2.38. The lowest BCUT2D eigenvalue weighted by Gasteiger charge is -2.38. The van der Waals surface area contributed by atoms with E-state index in [1.54, 1.807) is 14.2 Å². The van der Waals surface area contributed by atoms with Crippen molar-refractivity contribution in [3.63, 3.8) is 0 Å². The fraction of sp³-hybridized carbons (Fsp3) is 0.478. The Balaban J connectivity index is 1.61. The molecule has 0 aromatic heterocycles. The molecule has 5 heteroatoms. The number of hydrogen-bond donors (Lipinski definition) is 1. The predicted octanol–water partition coefficient (Wildman–Crippen LogP) is 3.51. The minimum Gasteiger partial charge on any atom is -0.493 e. The number of ether oxygens (including phenoxy) is 3. The van der Waals surface area contributed by atoms with Crippen LogP contribution in [0.2, 0.25) is 0 Å². The summed E-state index contributed by atoms with van der Waals surface area (Å²) >= 11 is 0. The number of methoxy groups -OCH3 is 2. The van der Waals surface area contributed by atoms with E-state index in [-0.39, 0.29) is 0 Å². The van der Waals surface area contributed by atoms with Gasteiger partial charge in [-0.3, -0.25) is 4.90 Å². The van der Waals surface area contributed by atoms with Gasteiger partial charge in [0.05, 0.1) is 19.3 Å². The Morgan fingerprint density at radius 3 is 2.32 bits per heavy atom. The Kier molecular flexibility index (Phi) is 6.94. The highest BCUT2D eigenvalue weighted by atomic mass is 16.5. The van der Waals surface area contributed by atoms with E-state index in [2.05, 4.69) is 42.2 Å². The molecule has 1 aliphatic rings. The summed E-state index contributed by atoms with van der Waals surface area (Å²) in [5.41, 5.74) is 2.69. The minimum atomic E-state index is -0.724. The molecule has 0 unspecified atom stereocenters. The molecule has 2 aromatic carbocycles. The molecule has 1 N–H and O–H groups in total. The molecule has 0 radical (unpaired) electrons. The van der Waals surface area contributed by atoms with Crippen LogP contribution in [0.15, 0.2) is 42.5 Å². The standard InChI is InChI=1S/C23H31NO4/c1-18-4-7-20(8-5-18)23(25)10-12-24(13-11-23)17-19-6-9-21(27-3)22(16-19)28-15-14-26-2/h4-9,16,25H,10-15,17H2,1-3H3. The number of hydrogen-bond acceptors (Lipinski definition) is 5. The second kappa shape index (κ2) is 9.41. The second-order valence-corrected chi connectivity index (χ2v) is 7.50. The lowest BCUT2D eigenvalue weighted by Crippen LogP contribution is -2.42. The van der Waals surface area contributed by atoms with Crippen molar-refractivity contribution in [2.45, 2.75) is 31.9 Å². The number of aryl methyl sites for hydroxylation is 1. The quantitative estimate of drug-likeness (QED) is 0.705. The van der Waals surface area contributed by atoms with Crippen molar-refractivity contribution in [3.8, 4) is 11.5 Å². The van der Waals surface area contributed by atoms with Crippen LogP contribution in [0.1, 0.15) is 29.5 Å². The first-order valence-electron chi connectivity index (χ1n) is 9.84. The van der Waals surface area contributed by atoms with E-state index in [1.807, 2.05) is 12.1 Å². The molecule has 3 rings (SSSR count). The molecule has 28 heavy (non-hydrogen) atoms. The number of likely N-dealkylation sites (tertiary alicyclic amines) is 1. The van der Waals surface area contributed by atoms with Crippen molar-refractivity contribution in [3.05, 3.63) is 59.2 Å². The van der Waals surface area contributed by atoms with E-state index >= 15 is 0 Å². The highest BCUT2D eigenvalue weighted by Gasteiger charge is 2.33. The zero-order valence-electron chi connectivity index (χ0n) is 17.1. The molecule has 0 bridgehead atoms. The monoisotopic (exact) mass is 385 g/mol. The van der Waals surface area contributed by atoms with E-state index in [1.165, 1.54) is 11.1 Å². The molecule has 0 spiro atoms. The molecule has 1 fully saturated rings. The molecule has 152 valence electrons. The fourth-order valence-corrected chi connectivity index (χ4v) is 3.66. The van der Waals surface area contributed by atoms with Crippen LogP contribution < -0.4 is 9.47 Å². The van der Waals surface area contributed by atoms with Crippen LogP contribution in [0.4, 0.5) is 0 Å². The molecule has 0 amide bonds. The van der Waals surface area contributed by atoms with Gasteiger partial charge in [-0.05, 0) is 43.0 Å². The van der Waals surface area contributed by atoms with Crippen LogP contribution in [0.3, 0.4) is 0 Å². The van der Waals surface area contributed by atoms with Gasteiger partial charge in [0.2, 0.25) is 0 Å². The third-order valence-corrected chi connectivity index (χ3v) is 5.45. The number of rotatable bonds is 8. The Bertz CT molecular complexity index is 752. The summed E-state index contributed by atoms with van der Waals surface area (Å²) < 4.78 is 16.2. The normalized spacial score (nSPS) is 16.7. The summed E-state index contributed by atoms with van der Waals surface area (Å²) in [6, 6.07) is 14.3. The van der Waals surface area contributed by atoms with Gasteiger partial charge in [0.15, 0.2) is 11.5 Å². The van der Waals surface area contributed by atoms with Crippen LogP contribution in [0, 0.1) is 6.92 Å². The highest BCUT2D eigenvalue weighted by Crippen LogP contribution is 2.34. The average Bonchev–Trinajstić information content (AvgIpc) is 2.71. The molecule has 0 saturated carbocycles. The van der Waals surface area contributed by atoms with Crippen molar-refractivity contribution in [2.75, 3.05) is 40.5 Å². The molecule has 1 aliphatic heterocycles. The number of benzene rings is 2. The lowest BCUT2D eigenvalue weighted by molar-refractivity contribution is -0.0277. The highest BCUT2D eigenvalue weighted by molar-refractivity contribution is 5.43. The average molecular weight is 386 g/mol. The maximum absolute atomic E-state index is 11.1. The molecule has 1 saturated heterocycles. The first kappa shape index (κ1) is 20.6. The van der Waals surface area contributed by atoms with Gasteiger partial charge in [0.1, 0.15) is 6.61 Å². The SMILES string of the molecule is COCCOc1cc(CN2CCC(O)(c3ccc(C)cc3)CC2)ccc1OC. The first-order valence-corrected chi connectivity index (χ1v) is 9.84. The van der Waals surface area contributed by atoms with E-state index in [0.29, 0.717) is 13.2 Å². The van der Waals surface area contributed by atoms with Crippen LogP contribution in [-0.4, -0.2) is 50.5 Å². The summed E-state index contributed by atoms with van der Waals surface area (Å²) in [6.07, 6.45) is 1.48. The van der Waals surface area contributed by atoms with Gasteiger partial charge < -0.3 is 19.3 Å². The Hall–Kier alpha value is -2.08. The van der Waals surface area contributed by atoms with Crippen molar-refractivity contribution in [2.24, 2.45) is 0 Å². The Morgan fingerprint density at radius 1 is 0.964 bits per heavy atom. The maximum Gasteiger partial charge on any atom is 0.161 e. The van der Waals surface area contributed by atoms with Gasteiger partial charge >= 0.3 is 0 Å². The first-order chi connectivity index (χ1) is 13.5. The Morgan fingerprint density at radius 2 is 1.68 bits per heavy atom. The zero-order chi connectivity index (χ0) is 20.0. The predicted molar refractivity (Wildman–Crippen MR) is 110 cm³/mol. The van der Waals surface area contributed by atoms with E-state index < -0.39 is 5.60 Å². The van der Waals surface area contributed by atoms with Gasteiger partial charge in [-0.1, -0.05) is 35.9 Å². The number of piperidine rings is 1. The molecule has 0 aliphatic carbocycles. The molecule has 0 atom stereocenters. The molecular formula is C23H31NO4. The van der Waals surface area contributed by atoms with Crippen molar-refractivity contribution >= 4 is 0 Å². The summed E-state index contributed by atoms with van der Waals surface area (Å²) in [7, 11) is 3.31. The lowest BCUT2D eigenvalue weighted by atomic mass is 9.84. The third-order valence-electron chi connectivity index (χ3n) is 5.45. The Labute approximate surface area is 167 Å². The number of aliphatic hydroxyl groups is 1. The summed E-state index contributed by atoms with van der Waals surface area (Å²) in [6.45, 7) is 5.64. The van der Waals surface area contributed by atoms with Crippen molar-refractivity contribution < 1.29 is 19.3 Å². The largest absolute Gasteiger partial charge is 0.493 e. The van der Waals surface area contributed by atoms with E-state index in [4.69, 9.17) is 14.2 Å². The van der Waals surface area contributed by atoms with Crippen molar-refractivity contribution in [1.82, 2.24) is 4.90 Å². The van der Waals surface area contributed by atoms with Gasteiger partial charge in [-0.2, -0.15) is 0 Å². The summed E-state index contributed by atoms with van der Waals surface area (Å²) in [5.74, 6) is 1.47. The smallest absolute Gasteiger partial charge is 0.161 e. The summed E-state index contributed by atoms with van der Waals surface area (Å²) in [5, 5.41) is 11.1. The number of nitrogens with zero attached hydrogens (tertiary/aromatic N) is 1. The van der Waals surface area contributed by atoms with Crippen molar-refractivity contribution in [1.29, 1.82) is 0 Å². The van der Waals surface area contributed by atoms with Gasteiger partial charge in [0.25, 0.3) is 0 Å². The maximum atomic E-state index is 11.1. The minimum absolute atomic E-state index is 0.490. The molecule has 5 nitrogen and oxygen atoms in total. The zero-order valence-corrected chi connectivity index (χ0v) is 17.1. The third kappa shape index (κ3) is 5.04. The van der Waals surface area contributed by atoms with E-state index in [9.17, 15) is 5.11 Å². The van der Waals surface area contributed by atoms with E-state index in [0.717, 1.165) is 49.5 Å². The van der Waals surface area contributed by atoms with Crippen LogP contribution in [0.25, 0.3) is 0 Å². The second-order valence-electron chi connectivity index (χ2n) is 7.50. The molecule has 2 aromatic rings. The fourth-order valence-electron chi connectivity index (χ4n) is 3.66. The van der Waals surface area contributed by atoms with Gasteiger partial charge in [-0.25, -0.2) is 0 Å². The topological polar surface area (TPSA) is 51.2 Å². The molecule has 1 heterocycles. The van der Waals surface area contributed by atoms with Crippen LogP contribution in [-0.2, 0) is 16.9 Å².